The highest BCUT2D eigenvalue weighted by Gasteiger charge is 2.36. The van der Waals surface area contributed by atoms with Crippen LogP contribution in [0.5, 0.6) is 0 Å². The lowest BCUT2D eigenvalue weighted by molar-refractivity contribution is -0.129. The van der Waals surface area contributed by atoms with Gasteiger partial charge in [0.15, 0.2) is 5.16 Å². The second-order valence-electron chi connectivity index (χ2n) is 8.23. The van der Waals surface area contributed by atoms with E-state index >= 15 is 0 Å². The molecule has 2 aliphatic rings. The Kier molecular flexibility index (Phi) is 5.58. The van der Waals surface area contributed by atoms with Gasteiger partial charge in [-0.2, -0.15) is 0 Å². The monoisotopic (exact) mass is 418 g/mol. The molecule has 2 aromatic carbocycles. The van der Waals surface area contributed by atoms with E-state index in [4.69, 9.17) is 0 Å². The molecule has 1 aromatic heterocycles. The van der Waals surface area contributed by atoms with Crippen LogP contribution in [-0.4, -0.2) is 31.3 Å². The van der Waals surface area contributed by atoms with E-state index < -0.39 is 0 Å². The van der Waals surface area contributed by atoms with Gasteiger partial charge in [0.1, 0.15) is 5.82 Å². The summed E-state index contributed by atoms with van der Waals surface area (Å²) in [5.74, 6) is 2.23. The summed E-state index contributed by atoms with van der Waals surface area (Å²) in [6.45, 7) is 1.22. The van der Waals surface area contributed by atoms with Crippen molar-refractivity contribution in [3.05, 3.63) is 77.6 Å². The van der Waals surface area contributed by atoms with E-state index in [0.29, 0.717) is 30.8 Å². The highest BCUT2D eigenvalue weighted by molar-refractivity contribution is 7.99. The molecular weight excluding hydrogens is 392 g/mol. The van der Waals surface area contributed by atoms with Crippen LogP contribution >= 0.6 is 11.8 Å². The molecule has 0 unspecified atom stereocenters. The van der Waals surface area contributed by atoms with Crippen molar-refractivity contribution < 1.29 is 4.79 Å². The van der Waals surface area contributed by atoms with Crippen molar-refractivity contribution >= 4 is 17.7 Å². The lowest BCUT2D eigenvalue weighted by Gasteiger charge is -2.23. The Balaban J connectivity index is 1.30. The van der Waals surface area contributed by atoms with Gasteiger partial charge in [-0.25, -0.2) is 0 Å². The third-order valence-electron chi connectivity index (χ3n) is 5.66. The summed E-state index contributed by atoms with van der Waals surface area (Å²) in [7, 11) is 0. The summed E-state index contributed by atoms with van der Waals surface area (Å²) in [5.41, 5.74) is 2.29. The van der Waals surface area contributed by atoms with Gasteiger partial charge in [0.2, 0.25) is 5.91 Å². The molecule has 2 fully saturated rings. The highest BCUT2D eigenvalue weighted by Crippen LogP contribution is 2.46. The van der Waals surface area contributed by atoms with Crippen LogP contribution in [0.4, 0.5) is 0 Å². The van der Waals surface area contributed by atoms with Gasteiger partial charge in [-0.3, -0.25) is 4.79 Å². The molecule has 2 aliphatic carbocycles. The summed E-state index contributed by atoms with van der Waals surface area (Å²) < 4.78 is 2.31. The molecule has 0 aliphatic heterocycles. The molecule has 154 valence electrons. The summed E-state index contributed by atoms with van der Waals surface area (Å²) in [4.78, 5) is 15.2. The zero-order valence-electron chi connectivity index (χ0n) is 17.0. The minimum atomic E-state index is 0.131. The third kappa shape index (κ3) is 4.59. The zero-order chi connectivity index (χ0) is 20.3. The summed E-state index contributed by atoms with van der Waals surface area (Å²) in [6, 6.07) is 20.9. The van der Waals surface area contributed by atoms with Gasteiger partial charge in [-0.05, 0) is 36.8 Å². The van der Waals surface area contributed by atoms with Crippen molar-refractivity contribution in [2.45, 2.75) is 55.9 Å². The fourth-order valence-corrected chi connectivity index (χ4v) is 4.66. The molecule has 5 nitrogen and oxygen atoms in total. The molecule has 3 aromatic rings. The predicted molar refractivity (Wildman–Crippen MR) is 118 cm³/mol. The highest BCUT2D eigenvalue weighted by atomic mass is 32.2. The summed E-state index contributed by atoms with van der Waals surface area (Å²) in [6.07, 6.45) is 4.84. The van der Waals surface area contributed by atoms with Crippen LogP contribution in [0.1, 0.15) is 54.6 Å². The number of hydrogen-bond acceptors (Lipinski definition) is 4. The molecule has 0 bridgehead atoms. The van der Waals surface area contributed by atoms with Crippen LogP contribution in [0.25, 0.3) is 0 Å². The smallest absolute Gasteiger partial charge is 0.233 e. The summed E-state index contributed by atoms with van der Waals surface area (Å²) >= 11 is 1.54. The number of hydrogen-bond donors (Lipinski definition) is 0. The first-order valence-electron chi connectivity index (χ1n) is 10.7. The standard InChI is InChI=1S/C24H26N4OS/c29-22(17-30-24-26-25-23(20-11-12-20)28(24)21-13-14-21)27(15-18-7-3-1-4-8-18)16-19-9-5-2-6-10-19/h1-10,20-21H,11-17H2. The van der Waals surface area contributed by atoms with E-state index in [1.54, 1.807) is 0 Å². The average Bonchev–Trinajstić information content (AvgIpc) is 3.72. The Morgan fingerprint density at radius 2 is 1.50 bits per heavy atom. The van der Waals surface area contributed by atoms with Crippen molar-refractivity contribution in [2.75, 3.05) is 5.75 Å². The Labute approximate surface area is 181 Å². The maximum Gasteiger partial charge on any atom is 0.233 e. The number of thioether (sulfide) groups is 1. The Morgan fingerprint density at radius 3 is 2.03 bits per heavy atom. The number of carbonyl (C=O) groups excluding carboxylic acids is 1. The number of nitrogens with zero attached hydrogens (tertiary/aromatic N) is 4. The molecule has 1 heterocycles. The van der Waals surface area contributed by atoms with E-state index in [-0.39, 0.29) is 5.91 Å². The van der Waals surface area contributed by atoms with Gasteiger partial charge < -0.3 is 9.47 Å². The molecule has 0 saturated heterocycles. The average molecular weight is 419 g/mol. The van der Waals surface area contributed by atoms with E-state index in [1.807, 2.05) is 41.3 Å². The molecule has 0 radical (unpaired) electrons. The quantitative estimate of drug-likeness (QED) is 0.468. The fourth-order valence-electron chi connectivity index (χ4n) is 3.74. The number of amides is 1. The van der Waals surface area contributed by atoms with Crippen molar-refractivity contribution in [3.8, 4) is 0 Å². The molecule has 1 amide bonds. The van der Waals surface area contributed by atoms with Gasteiger partial charge in [-0.1, -0.05) is 72.4 Å². The van der Waals surface area contributed by atoms with Crippen molar-refractivity contribution in [2.24, 2.45) is 0 Å². The Morgan fingerprint density at radius 1 is 0.900 bits per heavy atom. The van der Waals surface area contributed by atoms with Gasteiger partial charge in [0.05, 0.1) is 5.75 Å². The first-order chi connectivity index (χ1) is 14.8. The van der Waals surface area contributed by atoms with E-state index in [2.05, 4.69) is 39.0 Å². The minimum absolute atomic E-state index is 0.131. The van der Waals surface area contributed by atoms with Crippen LogP contribution in [0, 0.1) is 0 Å². The van der Waals surface area contributed by atoms with Gasteiger partial charge in [0.25, 0.3) is 0 Å². The predicted octanol–water partition coefficient (Wildman–Crippen LogP) is 4.81. The van der Waals surface area contributed by atoms with Crippen LogP contribution in [-0.2, 0) is 17.9 Å². The fraction of sp³-hybridized carbons (Fsp3) is 0.375. The maximum absolute atomic E-state index is 13.2. The molecule has 0 spiro atoms. The van der Waals surface area contributed by atoms with Crippen LogP contribution in [0.3, 0.4) is 0 Å². The number of aromatic nitrogens is 3. The maximum atomic E-state index is 13.2. The second kappa shape index (κ2) is 8.64. The molecular formula is C24H26N4OS. The van der Waals surface area contributed by atoms with Gasteiger partial charge in [0, 0.05) is 25.0 Å². The van der Waals surface area contributed by atoms with Crippen molar-refractivity contribution in [3.63, 3.8) is 0 Å². The van der Waals surface area contributed by atoms with Crippen LogP contribution < -0.4 is 0 Å². The lowest BCUT2D eigenvalue weighted by atomic mass is 10.1. The minimum Gasteiger partial charge on any atom is -0.333 e. The number of carbonyl (C=O) groups is 1. The molecule has 6 heteroatoms. The molecule has 0 N–H and O–H groups in total. The topological polar surface area (TPSA) is 51.0 Å². The summed E-state index contributed by atoms with van der Waals surface area (Å²) in [5, 5.41) is 9.82. The van der Waals surface area contributed by atoms with Gasteiger partial charge >= 0.3 is 0 Å². The molecule has 2 saturated carbocycles. The molecule has 5 rings (SSSR count). The van der Waals surface area contributed by atoms with Crippen molar-refractivity contribution in [1.82, 2.24) is 19.7 Å². The number of rotatable bonds is 9. The van der Waals surface area contributed by atoms with Crippen LogP contribution in [0.2, 0.25) is 0 Å². The van der Waals surface area contributed by atoms with Crippen molar-refractivity contribution in [1.29, 1.82) is 0 Å². The van der Waals surface area contributed by atoms with Crippen LogP contribution in [0.15, 0.2) is 65.8 Å². The second-order valence-corrected chi connectivity index (χ2v) is 9.17. The largest absolute Gasteiger partial charge is 0.333 e. The third-order valence-corrected chi connectivity index (χ3v) is 6.58. The first-order valence-corrected chi connectivity index (χ1v) is 11.7. The Bertz CT molecular complexity index is 955. The normalized spacial score (nSPS) is 15.9. The SMILES string of the molecule is O=C(CSc1nnc(C2CC2)n1C1CC1)N(Cc1ccccc1)Cc1ccccc1. The first kappa shape index (κ1) is 19.4. The van der Waals surface area contributed by atoms with E-state index in [0.717, 1.165) is 22.1 Å². The lowest BCUT2D eigenvalue weighted by Crippen LogP contribution is -2.31. The molecule has 0 atom stereocenters. The molecule has 30 heavy (non-hydrogen) atoms. The zero-order valence-corrected chi connectivity index (χ0v) is 17.8. The Hall–Kier alpha value is -2.60. The van der Waals surface area contributed by atoms with E-state index in [1.165, 1.54) is 37.4 Å². The van der Waals surface area contributed by atoms with E-state index in [9.17, 15) is 4.79 Å². The van der Waals surface area contributed by atoms with Gasteiger partial charge in [-0.15, -0.1) is 10.2 Å². The number of benzene rings is 2.